The van der Waals surface area contributed by atoms with Crippen molar-refractivity contribution in [3.63, 3.8) is 0 Å². The molecule has 3 aromatic rings. The molecule has 0 aliphatic carbocycles. The number of hydrogen-bond acceptors (Lipinski definition) is 8. The zero-order valence-electron chi connectivity index (χ0n) is 25.4. The van der Waals surface area contributed by atoms with Gasteiger partial charge in [-0.3, -0.25) is 9.59 Å². The van der Waals surface area contributed by atoms with E-state index < -0.39 is 58.3 Å². The van der Waals surface area contributed by atoms with Crippen LogP contribution in [0.25, 0.3) is 0 Å². The molecule has 15 heteroatoms. The molecule has 3 atom stereocenters. The number of nitrogens with zero attached hydrogens (tertiary/aromatic N) is 1. The minimum absolute atomic E-state index is 0.0884. The third kappa shape index (κ3) is 9.41. The molecule has 254 valence electrons. The summed E-state index contributed by atoms with van der Waals surface area (Å²) in [6, 6.07) is 14.8. The summed E-state index contributed by atoms with van der Waals surface area (Å²) in [7, 11) is -2.25. The number of carbonyl (C=O) groups excluding carboxylic acids is 2. The molecule has 0 aromatic heterocycles. The second-order valence-corrected chi connectivity index (χ2v) is 13.0. The van der Waals surface area contributed by atoms with Gasteiger partial charge in [-0.1, -0.05) is 19.1 Å². The SMILES string of the molecule is CCS(=O)(=O)c1ccc(C(CC(=O)OC)NC(=O)c2ccc(N3C[C@@H](Oc4ccc(C(F)(F)F)cc4)C[C@H]3COC(F)F)cc2)cc1. The first-order valence-corrected chi connectivity index (χ1v) is 16.2. The van der Waals surface area contributed by atoms with Crippen LogP contribution in [0.15, 0.2) is 77.7 Å². The highest BCUT2D eigenvalue weighted by Crippen LogP contribution is 2.33. The van der Waals surface area contributed by atoms with E-state index in [1.54, 1.807) is 17.0 Å². The monoisotopic (exact) mass is 684 g/mol. The molecule has 1 saturated heterocycles. The molecule has 0 radical (unpaired) electrons. The molecule has 3 aromatic carbocycles. The van der Waals surface area contributed by atoms with Gasteiger partial charge in [0, 0.05) is 17.7 Å². The van der Waals surface area contributed by atoms with Crippen LogP contribution in [0.3, 0.4) is 0 Å². The molecule has 1 fully saturated rings. The molecule has 0 spiro atoms. The van der Waals surface area contributed by atoms with E-state index in [1.807, 2.05) is 0 Å². The molecule has 0 saturated carbocycles. The number of benzene rings is 3. The van der Waals surface area contributed by atoms with Crippen LogP contribution >= 0.6 is 0 Å². The van der Waals surface area contributed by atoms with E-state index in [4.69, 9.17) is 9.47 Å². The fourth-order valence-electron chi connectivity index (χ4n) is 5.15. The molecule has 1 amide bonds. The van der Waals surface area contributed by atoms with Crippen LogP contribution in [0.4, 0.5) is 27.6 Å². The Morgan fingerprint density at radius 2 is 1.62 bits per heavy atom. The van der Waals surface area contributed by atoms with Gasteiger partial charge in [-0.2, -0.15) is 22.0 Å². The van der Waals surface area contributed by atoms with Gasteiger partial charge < -0.3 is 24.4 Å². The minimum atomic E-state index is -4.50. The number of alkyl halides is 5. The summed E-state index contributed by atoms with van der Waals surface area (Å²) < 4.78 is 104. The van der Waals surface area contributed by atoms with Gasteiger partial charge in [-0.15, -0.1) is 0 Å². The number of sulfone groups is 1. The molecule has 9 nitrogen and oxygen atoms in total. The van der Waals surface area contributed by atoms with E-state index >= 15 is 0 Å². The summed E-state index contributed by atoms with van der Waals surface area (Å²) in [5, 5.41) is 2.77. The molecule has 4 rings (SSSR count). The Morgan fingerprint density at radius 1 is 0.979 bits per heavy atom. The Balaban J connectivity index is 1.48. The second-order valence-electron chi connectivity index (χ2n) is 10.7. The summed E-state index contributed by atoms with van der Waals surface area (Å²) in [4.78, 5) is 27.2. The standard InChI is InChI=1S/C32H33F5N2O7S/c1-3-47(42,43)27-14-6-20(7-15-27)28(17-29(40)44-2)38-30(41)21-4-10-23(11-5-21)39-18-26(16-24(39)19-45-31(33)34)46-25-12-8-22(9-13-25)32(35,36)37/h4-15,24,26,28,31H,3,16-19H2,1-2H3,(H,38,41)/t24-,26-,28?/m0/s1. The Morgan fingerprint density at radius 3 is 2.17 bits per heavy atom. The largest absolute Gasteiger partial charge is 0.489 e. The zero-order valence-corrected chi connectivity index (χ0v) is 26.2. The molecule has 1 aliphatic heterocycles. The van der Waals surface area contributed by atoms with Gasteiger partial charge >= 0.3 is 18.8 Å². The Bertz CT molecular complexity index is 1620. The number of rotatable bonds is 13. The van der Waals surface area contributed by atoms with Gasteiger partial charge in [-0.05, 0) is 66.2 Å². The number of methoxy groups -OCH3 is 1. The predicted molar refractivity (Wildman–Crippen MR) is 161 cm³/mol. The van der Waals surface area contributed by atoms with Crippen LogP contribution in [-0.4, -0.2) is 65.1 Å². The second kappa shape index (κ2) is 15.1. The number of carbonyl (C=O) groups is 2. The zero-order chi connectivity index (χ0) is 34.4. The number of ether oxygens (including phenoxy) is 3. The summed E-state index contributed by atoms with van der Waals surface area (Å²) in [5.74, 6) is -1.05. The highest BCUT2D eigenvalue weighted by atomic mass is 32.2. The van der Waals surface area contributed by atoms with Crippen LogP contribution in [0.5, 0.6) is 5.75 Å². The van der Waals surface area contributed by atoms with Crippen molar-refractivity contribution in [2.24, 2.45) is 0 Å². The maximum atomic E-state index is 13.2. The summed E-state index contributed by atoms with van der Waals surface area (Å²) in [5.41, 5.74) is 0.420. The molecular formula is C32H33F5N2O7S. The van der Waals surface area contributed by atoms with Gasteiger partial charge in [-0.25, -0.2) is 8.42 Å². The molecule has 1 unspecified atom stereocenters. The van der Waals surface area contributed by atoms with E-state index in [1.165, 1.54) is 62.6 Å². The highest BCUT2D eigenvalue weighted by Gasteiger charge is 2.35. The Kier molecular flexibility index (Phi) is 11.4. The first-order chi connectivity index (χ1) is 22.2. The maximum Gasteiger partial charge on any atom is 0.416 e. The van der Waals surface area contributed by atoms with E-state index in [0.29, 0.717) is 11.3 Å². The van der Waals surface area contributed by atoms with Crippen molar-refractivity contribution in [3.05, 3.63) is 89.5 Å². The smallest absolute Gasteiger partial charge is 0.416 e. The summed E-state index contributed by atoms with van der Waals surface area (Å²) in [6.45, 7) is -1.64. The van der Waals surface area contributed by atoms with Crippen molar-refractivity contribution in [2.45, 2.75) is 55.6 Å². The van der Waals surface area contributed by atoms with Gasteiger partial charge in [0.15, 0.2) is 9.84 Å². The topological polar surface area (TPSA) is 111 Å². The lowest BCUT2D eigenvalue weighted by atomic mass is 10.0. The average Bonchev–Trinajstić information content (AvgIpc) is 3.45. The van der Waals surface area contributed by atoms with E-state index in [-0.39, 0.29) is 48.0 Å². The normalized spacial score (nSPS) is 17.4. The molecule has 47 heavy (non-hydrogen) atoms. The number of amides is 1. The molecule has 1 N–H and O–H groups in total. The van der Waals surface area contributed by atoms with Crippen molar-refractivity contribution in [1.82, 2.24) is 5.32 Å². The first kappa shape index (κ1) is 35.6. The predicted octanol–water partition coefficient (Wildman–Crippen LogP) is 5.80. The lowest BCUT2D eigenvalue weighted by Gasteiger charge is -2.26. The van der Waals surface area contributed by atoms with E-state index in [0.717, 1.165) is 12.1 Å². The lowest BCUT2D eigenvalue weighted by Crippen LogP contribution is -2.34. The van der Waals surface area contributed by atoms with Crippen molar-refractivity contribution in [2.75, 3.05) is 30.9 Å². The molecule has 0 bridgehead atoms. The minimum Gasteiger partial charge on any atom is -0.489 e. The maximum absolute atomic E-state index is 13.2. The average molecular weight is 685 g/mol. The molecule has 1 heterocycles. The number of hydrogen-bond donors (Lipinski definition) is 1. The first-order valence-electron chi connectivity index (χ1n) is 14.5. The fraction of sp³-hybridized carbons (Fsp3) is 0.375. The van der Waals surface area contributed by atoms with Crippen molar-refractivity contribution in [3.8, 4) is 5.75 Å². The van der Waals surface area contributed by atoms with Crippen LogP contribution in [0.2, 0.25) is 0 Å². The van der Waals surface area contributed by atoms with Crippen molar-refractivity contribution >= 4 is 27.4 Å². The third-order valence-electron chi connectivity index (χ3n) is 7.66. The number of halogens is 5. The Hall–Kier alpha value is -4.24. The van der Waals surface area contributed by atoms with Gasteiger partial charge in [0.1, 0.15) is 11.9 Å². The molecular weight excluding hydrogens is 651 g/mol. The van der Waals surface area contributed by atoms with Crippen LogP contribution in [0, 0.1) is 0 Å². The van der Waals surface area contributed by atoms with E-state index in [9.17, 15) is 40.0 Å². The number of esters is 1. The highest BCUT2D eigenvalue weighted by molar-refractivity contribution is 7.91. The fourth-order valence-corrected chi connectivity index (χ4v) is 6.04. The number of anilines is 1. The van der Waals surface area contributed by atoms with Crippen LogP contribution in [-0.2, 0) is 30.3 Å². The van der Waals surface area contributed by atoms with Crippen LogP contribution in [0.1, 0.15) is 47.3 Å². The van der Waals surface area contributed by atoms with Gasteiger partial charge in [0.25, 0.3) is 5.91 Å². The number of nitrogens with one attached hydrogen (secondary N) is 1. The quantitative estimate of drug-likeness (QED) is 0.178. The van der Waals surface area contributed by atoms with Gasteiger partial charge in [0.05, 0.1) is 55.0 Å². The van der Waals surface area contributed by atoms with Crippen molar-refractivity contribution in [1.29, 1.82) is 0 Å². The van der Waals surface area contributed by atoms with Gasteiger partial charge in [0.2, 0.25) is 0 Å². The lowest BCUT2D eigenvalue weighted by molar-refractivity contribution is -0.141. The van der Waals surface area contributed by atoms with Crippen molar-refractivity contribution < 1.29 is 54.2 Å². The van der Waals surface area contributed by atoms with Crippen LogP contribution < -0.4 is 15.0 Å². The summed E-state index contributed by atoms with van der Waals surface area (Å²) >= 11 is 0. The third-order valence-corrected chi connectivity index (χ3v) is 9.41. The molecule has 1 aliphatic rings. The Labute approximate surface area is 268 Å². The summed E-state index contributed by atoms with van der Waals surface area (Å²) in [6.07, 6.45) is -5.04. The van der Waals surface area contributed by atoms with E-state index in [2.05, 4.69) is 10.1 Å².